The number of hydrogen-bond acceptors (Lipinski definition) is 5. The van der Waals surface area contributed by atoms with Gasteiger partial charge in [0, 0.05) is 18.8 Å². The first-order valence-corrected chi connectivity index (χ1v) is 9.40. The van der Waals surface area contributed by atoms with E-state index in [1.54, 1.807) is 41.8 Å². The molecule has 2 atom stereocenters. The van der Waals surface area contributed by atoms with Crippen LogP contribution in [0, 0.1) is 0 Å². The Morgan fingerprint density at radius 2 is 2.00 bits per heavy atom. The average molecular weight is 399 g/mol. The lowest BCUT2D eigenvalue weighted by Crippen LogP contribution is -2.43. The first-order chi connectivity index (χ1) is 13.0. The molecule has 2 aromatic rings. The summed E-state index contributed by atoms with van der Waals surface area (Å²) in [6.07, 6.45) is -0.498. The van der Waals surface area contributed by atoms with Crippen LogP contribution < -0.4 is 10.6 Å². The van der Waals surface area contributed by atoms with Gasteiger partial charge in [0.1, 0.15) is 17.8 Å². The smallest absolute Gasteiger partial charge is 0.315 e. The topological polar surface area (TPSA) is 74.2 Å². The summed E-state index contributed by atoms with van der Waals surface area (Å²) in [6, 6.07) is 5.83. The third kappa shape index (κ3) is 5.27. The van der Waals surface area contributed by atoms with Crippen LogP contribution in [0.3, 0.4) is 0 Å². The fourth-order valence-corrected chi connectivity index (χ4v) is 3.44. The number of carbonyl (C=O) groups is 1. The number of nitrogens with one attached hydrogen (secondary N) is 2. The van der Waals surface area contributed by atoms with Crippen LogP contribution in [-0.4, -0.2) is 41.2 Å². The van der Waals surface area contributed by atoms with E-state index in [0.29, 0.717) is 11.6 Å². The number of rotatable bonds is 9. The molecule has 0 radical (unpaired) electrons. The van der Waals surface area contributed by atoms with Gasteiger partial charge < -0.3 is 15.7 Å². The molecular weight excluding hydrogens is 379 g/mol. The first-order valence-electron chi connectivity index (χ1n) is 8.59. The lowest BCUT2D eigenvalue weighted by molar-refractivity contribution is -0.133. The zero-order valence-electron chi connectivity index (χ0n) is 14.4. The summed E-state index contributed by atoms with van der Waals surface area (Å²) in [5, 5.41) is 16.4. The molecule has 1 aromatic carbocycles. The molecular formula is C18H20F3N3O2S. The zero-order valence-corrected chi connectivity index (χ0v) is 15.2. The van der Waals surface area contributed by atoms with Crippen LogP contribution in [0.4, 0.5) is 13.2 Å². The van der Waals surface area contributed by atoms with E-state index < -0.39 is 31.2 Å². The van der Waals surface area contributed by atoms with E-state index >= 15 is 0 Å². The highest BCUT2D eigenvalue weighted by molar-refractivity contribution is 7.15. The normalized spacial score (nSPS) is 16.3. The molecule has 1 fully saturated rings. The molecule has 3 rings (SSSR count). The van der Waals surface area contributed by atoms with Crippen LogP contribution in [0.5, 0.6) is 0 Å². The van der Waals surface area contributed by atoms with Crippen molar-refractivity contribution < 1.29 is 23.1 Å². The number of halogens is 3. The molecule has 0 aliphatic heterocycles. The quantitative estimate of drug-likeness (QED) is 0.606. The highest BCUT2D eigenvalue weighted by Gasteiger charge is 2.26. The lowest BCUT2D eigenvalue weighted by atomic mass is 10.0. The van der Waals surface area contributed by atoms with E-state index in [9.17, 15) is 23.1 Å². The number of alkyl halides is 3. The second-order valence-corrected chi connectivity index (χ2v) is 7.53. The molecule has 0 spiro atoms. The number of hydrogen-bond donors (Lipinski definition) is 3. The Morgan fingerprint density at radius 3 is 2.59 bits per heavy atom. The number of aliphatic hydroxyl groups excluding tert-OH is 1. The monoisotopic (exact) mass is 399 g/mol. The Kier molecular flexibility index (Phi) is 6.46. The van der Waals surface area contributed by atoms with Gasteiger partial charge in [0.15, 0.2) is 0 Å². The molecule has 0 bridgehead atoms. The molecule has 3 N–H and O–H groups in total. The first kappa shape index (κ1) is 19.8. The van der Waals surface area contributed by atoms with Crippen LogP contribution in [0.15, 0.2) is 30.5 Å². The SMILES string of the molecule is O=C(N[C@H](CF)[C@H](O)c1ccc(-c2cnc(CNC3CC3)s2)cc1)C(F)F. The Bertz CT molecular complexity index is 765. The Hall–Kier alpha value is -1.97. The summed E-state index contributed by atoms with van der Waals surface area (Å²) in [6.45, 7) is -0.429. The van der Waals surface area contributed by atoms with Crippen molar-refractivity contribution in [2.45, 2.75) is 44.0 Å². The van der Waals surface area contributed by atoms with Gasteiger partial charge in [0.05, 0.1) is 10.9 Å². The van der Waals surface area contributed by atoms with E-state index in [2.05, 4.69) is 10.3 Å². The highest BCUT2D eigenvalue weighted by Crippen LogP contribution is 2.29. The molecule has 1 aliphatic rings. The molecule has 1 amide bonds. The second-order valence-electron chi connectivity index (χ2n) is 6.41. The van der Waals surface area contributed by atoms with Crippen LogP contribution in [-0.2, 0) is 11.3 Å². The number of aromatic nitrogens is 1. The minimum Gasteiger partial charge on any atom is -0.386 e. The van der Waals surface area contributed by atoms with Crippen molar-refractivity contribution in [3.63, 3.8) is 0 Å². The number of nitrogens with zero attached hydrogens (tertiary/aromatic N) is 1. The summed E-state index contributed by atoms with van der Waals surface area (Å²) in [4.78, 5) is 16.4. The van der Waals surface area contributed by atoms with Crippen molar-refractivity contribution in [3.8, 4) is 10.4 Å². The third-order valence-electron chi connectivity index (χ3n) is 4.28. The molecule has 1 heterocycles. The van der Waals surface area contributed by atoms with Gasteiger partial charge in [-0.1, -0.05) is 24.3 Å². The van der Waals surface area contributed by atoms with Crippen molar-refractivity contribution >= 4 is 17.2 Å². The fourth-order valence-electron chi connectivity index (χ4n) is 2.57. The predicted molar refractivity (Wildman–Crippen MR) is 96.3 cm³/mol. The maximum Gasteiger partial charge on any atom is 0.315 e. The molecule has 0 saturated heterocycles. The molecule has 146 valence electrons. The third-order valence-corrected chi connectivity index (χ3v) is 5.33. The van der Waals surface area contributed by atoms with Crippen LogP contribution >= 0.6 is 11.3 Å². The van der Waals surface area contributed by atoms with Gasteiger partial charge in [0.2, 0.25) is 0 Å². The maximum atomic E-state index is 13.1. The largest absolute Gasteiger partial charge is 0.386 e. The fraction of sp³-hybridized carbons (Fsp3) is 0.444. The summed E-state index contributed by atoms with van der Waals surface area (Å²) < 4.78 is 37.7. The van der Waals surface area contributed by atoms with Gasteiger partial charge in [-0.05, 0) is 24.0 Å². The van der Waals surface area contributed by atoms with E-state index in [1.807, 2.05) is 5.32 Å². The molecule has 9 heteroatoms. The summed E-state index contributed by atoms with van der Waals surface area (Å²) >= 11 is 1.56. The Balaban J connectivity index is 1.64. The van der Waals surface area contributed by atoms with Gasteiger partial charge >= 0.3 is 6.43 Å². The number of carbonyl (C=O) groups excluding carboxylic acids is 1. The highest BCUT2D eigenvalue weighted by atomic mass is 32.1. The van der Waals surface area contributed by atoms with Crippen molar-refractivity contribution in [1.29, 1.82) is 0 Å². The van der Waals surface area contributed by atoms with E-state index in [-0.39, 0.29) is 0 Å². The van der Waals surface area contributed by atoms with Gasteiger partial charge in [-0.25, -0.2) is 9.37 Å². The number of amides is 1. The molecule has 27 heavy (non-hydrogen) atoms. The van der Waals surface area contributed by atoms with Gasteiger partial charge in [0.25, 0.3) is 5.91 Å². The van der Waals surface area contributed by atoms with Crippen molar-refractivity contribution in [3.05, 3.63) is 41.0 Å². The molecule has 5 nitrogen and oxygen atoms in total. The Morgan fingerprint density at radius 1 is 1.30 bits per heavy atom. The number of benzene rings is 1. The maximum absolute atomic E-state index is 13.1. The minimum atomic E-state index is -3.26. The van der Waals surface area contributed by atoms with E-state index in [4.69, 9.17) is 0 Å². The summed E-state index contributed by atoms with van der Waals surface area (Å²) in [7, 11) is 0. The van der Waals surface area contributed by atoms with Crippen LogP contribution in [0.25, 0.3) is 10.4 Å². The Labute approximate surface area is 158 Å². The summed E-state index contributed by atoms with van der Waals surface area (Å²) in [5.41, 5.74) is 1.21. The molecule has 1 aliphatic carbocycles. The standard InChI is InChI=1S/C18H20F3N3O2S/c19-7-13(24-18(26)17(20)21)16(25)11-3-1-10(2-4-11)14-8-23-15(27-14)9-22-12-5-6-12/h1-4,8,12-13,16-17,22,25H,5-7,9H2,(H,24,26)/t13-,16-/m1/s1. The van der Waals surface area contributed by atoms with Crippen molar-refractivity contribution in [2.24, 2.45) is 0 Å². The molecule has 0 unspecified atom stereocenters. The summed E-state index contributed by atoms with van der Waals surface area (Å²) in [5.74, 6) is -1.61. The van der Waals surface area contributed by atoms with Crippen LogP contribution in [0.1, 0.15) is 29.5 Å². The molecule has 1 aromatic heterocycles. The minimum absolute atomic E-state index is 0.330. The number of aliphatic hydroxyl groups is 1. The van der Waals surface area contributed by atoms with Crippen LogP contribution in [0.2, 0.25) is 0 Å². The van der Waals surface area contributed by atoms with Gasteiger partial charge in [-0.3, -0.25) is 4.79 Å². The second kappa shape index (κ2) is 8.81. The number of thiazole rings is 1. The van der Waals surface area contributed by atoms with Gasteiger partial charge in [-0.15, -0.1) is 11.3 Å². The average Bonchev–Trinajstić information content (AvgIpc) is 3.39. The van der Waals surface area contributed by atoms with Crippen molar-refractivity contribution in [2.75, 3.05) is 6.67 Å². The van der Waals surface area contributed by atoms with Gasteiger partial charge in [-0.2, -0.15) is 8.78 Å². The predicted octanol–water partition coefficient (Wildman–Crippen LogP) is 2.81. The van der Waals surface area contributed by atoms with E-state index in [1.165, 1.54) is 12.8 Å². The van der Waals surface area contributed by atoms with E-state index in [0.717, 1.165) is 22.0 Å². The molecule has 1 saturated carbocycles. The van der Waals surface area contributed by atoms with Crippen molar-refractivity contribution in [1.82, 2.24) is 15.6 Å². The lowest BCUT2D eigenvalue weighted by Gasteiger charge is -2.21. The zero-order chi connectivity index (χ0) is 19.4.